The Labute approximate surface area is 86.6 Å². The molecule has 0 atom stereocenters. The van der Waals surface area contributed by atoms with Crippen molar-refractivity contribution in [1.82, 2.24) is 10.6 Å². The second-order valence-corrected chi connectivity index (χ2v) is 5.28. The number of hydrogen-bond donors (Lipinski definition) is 2. The molecule has 1 aliphatic carbocycles. The van der Waals surface area contributed by atoms with E-state index < -0.39 is 0 Å². The van der Waals surface area contributed by atoms with Crippen molar-refractivity contribution < 1.29 is 4.79 Å². The third kappa shape index (κ3) is 3.29. The lowest BCUT2D eigenvalue weighted by Gasteiger charge is -2.42. The molecular weight excluding hydrogens is 176 g/mol. The highest BCUT2D eigenvalue weighted by Crippen LogP contribution is 2.27. The van der Waals surface area contributed by atoms with Crippen LogP contribution in [0.15, 0.2) is 0 Å². The van der Waals surface area contributed by atoms with Crippen LogP contribution in [0, 0.1) is 0 Å². The average Bonchev–Trinajstić information content (AvgIpc) is 2.02. The van der Waals surface area contributed by atoms with E-state index in [1.165, 1.54) is 19.3 Å². The molecule has 14 heavy (non-hydrogen) atoms. The Morgan fingerprint density at radius 1 is 1.14 bits per heavy atom. The lowest BCUT2D eigenvalue weighted by atomic mass is 9.87. The minimum atomic E-state index is -0.155. The van der Waals surface area contributed by atoms with E-state index in [-0.39, 0.29) is 11.2 Å². The molecule has 0 saturated heterocycles. The number of hydrogen-bond acceptors (Lipinski definition) is 2. The Balaban J connectivity index is 2.64. The Morgan fingerprint density at radius 3 is 2.14 bits per heavy atom. The van der Waals surface area contributed by atoms with Gasteiger partial charge in [0.15, 0.2) is 0 Å². The standard InChI is InChI=1S/C11H22N2O/c1-10(2,3)13-11(12-9-14)7-5-4-6-8-11/h9,13H,4-8H2,1-3H3,(H,12,14). The van der Waals surface area contributed by atoms with E-state index in [9.17, 15) is 4.79 Å². The molecule has 0 aliphatic heterocycles. The zero-order valence-corrected chi connectivity index (χ0v) is 9.52. The molecule has 3 heteroatoms. The van der Waals surface area contributed by atoms with Gasteiger partial charge in [-0.25, -0.2) is 0 Å². The average molecular weight is 198 g/mol. The summed E-state index contributed by atoms with van der Waals surface area (Å²) in [6.07, 6.45) is 6.60. The van der Waals surface area contributed by atoms with Crippen LogP contribution in [0.25, 0.3) is 0 Å². The first-order valence-corrected chi connectivity index (χ1v) is 5.48. The Hall–Kier alpha value is -0.570. The van der Waals surface area contributed by atoms with Crippen LogP contribution in [-0.2, 0) is 4.79 Å². The van der Waals surface area contributed by atoms with E-state index in [4.69, 9.17) is 0 Å². The van der Waals surface area contributed by atoms with E-state index in [2.05, 4.69) is 31.4 Å². The molecule has 1 fully saturated rings. The summed E-state index contributed by atoms with van der Waals surface area (Å²) in [5.41, 5.74) is -0.106. The number of rotatable bonds is 3. The summed E-state index contributed by atoms with van der Waals surface area (Å²) >= 11 is 0. The number of carbonyl (C=O) groups is 1. The molecule has 0 bridgehead atoms. The SMILES string of the molecule is CC(C)(C)NC1(NC=O)CCCCC1. The molecule has 0 heterocycles. The molecular formula is C11H22N2O. The van der Waals surface area contributed by atoms with Crippen LogP contribution in [0.4, 0.5) is 0 Å². The molecule has 0 aromatic heterocycles. The van der Waals surface area contributed by atoms with Gasteiger partial charge >= 0.3 is 0 Å². The first-order chi connectivity index (χ1) is 6.47. The summed E-state index contributed by atoms with van der Waals surface area (Å²) in [6.45, 7) is 6.40. The molecule has 0 aromatic rings. The molecule has 3 nitrogen and oxygen atoms in total. The molecule has 0 aromatic carbocycles. The van der Waals surface area contributed by atoms with Gasteiger partial charge in [0, 0.05) is 5.54 Å². The highest BCUT2D eigenvalue weighted by atomic mass is 16.1. The molecule has 0 spiro atoms. The lowest BCUT2D eigenvalue weighted by Crippen LogP contribution is -2.62. The van der Waals surface area contributed by atoms with Gasteiger partial charge in [-0.1, -0.05) is 6.42 Å². The molecule has 82 valence electrons. The van der Waals surface area contributed by atoms with E-state index in [1.54, 1.807) is 0 Å². The molecule has 1 amide bonds. The van der Waals surface area contributed by atoms with Crippen molar-refractivity contribution in [2.24, 2.45) is 0 Å². The number of amides is 1. The molecule has 0 radical (unpaired) electrons. The summed E-state index contributed by atoms with van der Waals surface area (Å²) < 4.78 is 0. The van der Waals surface area contributed by atoms with Crippen LogP contribution in [-0.4, -0.2) is 17.6 Å². The Bertz CT molecular complexity index is 190. The van der Waals surface area contributed by atoms with E-state index in [0.717, 1.165) is 19.3 Å². The maximum absolute atomic E-state index is 10.6. The van der Waals surface area contributed by atoms with Crippen LogP contribution in [0.3, 0.4) is 0 Å². The summed E-state index contributed by atoms with van der Waals surface area (Å²) in [5.74, 6) is 0. The predicted molar refractivity (Wildman–Crippen MR) is 57.9 cm³/mol. The highest BCUT2D eigenvalue weighted by molar-refractivity contribution is 5.47. The fourth-order valence-electron chi connectivity index (χ4n) is 2.29. The van der Waals surface area contributed by atoms with Gasteiger partial charge in [-0.2, -0.15) is 0 Å². The van der Waals surface area contributed by atoms with Gasteiger partial charge in [-0.05, 0) is 46.5 Å². The van der Waals surface area contributed by atoms with Gasteiger partial charge in [0.2, 0.25) is 6.41 Å². The summed E-state index contributed by atoms with van der Waals surface area (Å²) in [4.78, 5) is 10.6. The second kappa shape index (κ2) is 4.30. The zero-order chi connectivity index (χ0) is 10.7. The summed E-state index contributed by atoms with van der Waals surface area (Å²) in [7, 11) is 0. The van der Waals surface area contributed by atoms with Gasteiger partial charge < -0.3 is 5.32 Å². The van der Waals surface area contributed by atoms with Crippen LogP contribution in [0.5, 0.6) is 0 Å². The van der Waals surface area contributed by atoms with Crippen LogP contribution < -0.4 is 10.6 Å². The van der Waals surface area contributed by atoms with E-state index in [1.807, 2.05) is 0 Å². The Morgan fingerprint density at radius 2 is 1.71 bits per heavy atom. The van der Waals surface area contributed by atoms with Gasteiger partial charge in [-0.15, -0.1) is 0 Å². The van der Waals surface area contributed by atoms with E-state index >= 15 is 0 Å². The van der Waals surface area contributed by atoms with Crippen molar-refractivity contribution in [3.63, 3.8) is 0 Å². The first kappa shape index (κ1) is 11.5. The van der Waals surface area contributed by atoms with Crippen molar-refractivity contribution >= 4 is 6.41 Å². The van der Waals surface area contributed by atoms with Crippen molar-refractivity contribution in [2.75, 3.05) is 0 Å². The van der Waals surface area contributed by atoms with Crippen LogP contribution in [0.1, 0.15) is 52.9 Å². The predicted octanol–water partition coefficient (Wildman–Crippen LogP) is 1.78. The fourth-order valence-corrected chi connectivity index (χ4v) is 2.29. The second-order valence-electron chi connectivity index (χ2n) is 5.28. The summed E-state index contributed by atoms with van der Waals surface area (Å²) in [5, 5.41) is 6.49. The lowest BCUT2D eigenvalue weighted by molar-refractivity contribution is -0.112. The molecule has 2 N–H and O–H groups in total. The summed E-state index contributed by atoms with van der Waals surface area (Å²) in [6, 6.07) is 0. The number of carbonyl (C=O) groups excluding carboxylic acids is 1. The number of nitrogens with one attached hydrogen (secondary N) is 2. The smallest absolute Gasteiger partial charge is 0.208 e. The third-order valence-electron chi connectivity index (χ3n) is 2.66. The fraction of sp³-hybridized carbons (Fsp3) is 0.909. The van der Waals surface area contributed by atoms with Gasteiger partial charge in [-0.3, -0.25) is 10.1 Å². The van der Waals surface area contributed by atoms with Crippen molar-refractivity contribution in [2.45, 2.75) is 64.1 Å². The quantitative estimate of drug-likeness (QED) is 0.536. The normalized spacial score (nSPS) is 21.6. The van der Waals surface area contributed by atoms with Crippen LogP contribution in [0.2, 0.25) is 0 Å². The minimum Gasteiger partial charge on any atom is -0.341 e. The maximum atomic E-state index is 10.6. The first-order valence-electron chi connectivity index (χ1n) is 5.48. The highest BCUT2D eigenvalue weighted by Gasteiger charge is 2.34. The molecule has 1 aliphatic rings. The topological polar surface area (TPSA) is 41.1 Å². The van der Waals surface area contributed by atoms with Crippen LogP contribution >= 0.6 is 0 Å². The third-order valence-corrected chi connectivity index (χ3v) is 2.66. The monoisotopic (exact) mass is 198 g/mol. The van der Waals surface area contributed by atoms with Gasteiger partial charge in [0.25, 0.3) is 0 Å². The molecule has 1 saturated carbocycles. The van der Waals surface area contributed by atoms with Crippen molar-refractivity contribution in [3.8, 4) is 0 Å². The zero-order valence-electron chi connectivity index (χ0n) is 9.52. The van der Waals surface area contributed by atoms with Gasteiger partial charge in [0.1, 0.15) is 0 Å². The largest absolute Gasteiger partial charge is 0.341 e. The van der Waals surface area contributed by atoms with E-state index in [0.29, 0.717) is 0 Å². The van der Waals surface area contributed by atoms with Crippen molar-refractivity contribution in [3.05, 3.63) is 0 Å². The van der Waals surface area contributed by atoms with Crippen molar-refractivity contribution in [1.29, 1.82) is 0 Å². The minimum absolute atomic E-state index is 0.0490. The Kier molecular flexibility index (Phi) is 3.53. The maximum Gasteiger partial charge on any atom is 0.208 e. The molecule has 1 rings (SSSR count). The van der Waals surface area contributed by atoms with Gasteiger partial charge in [0.05, 0.1) is 5.66 Å². The molecule has 0 unspecified atom stereocenters.